The van der Waals surface area contributed by atoms with E-state index in [1.54, 1.807) is 12.3 Å². The lowest BCUT2D eigenvalue weighted by Crippen LogP contribution is -1.97. The molecule has 2 heterocycles. The van der Waals surface area contributed by atoms with Crippen LogP contribution in [-0.4, -0.2) is 26.0 Å². The van der Waals surface area contributed by atoms with Crippen LogP contribution in [0.4, 0.5) is 0 Å². The van der Waals surface area contributed by atoms with Crippen LogP contribution >= 0.6 is 0 Å². The highest BCUT2D eigenvalue weighted by Crippen LogP contribution is 2.25. The summed E-state index contributed by atoms with van der Waals surface area (Å²) in [7, 11) is 0. The number of aromatic amines is 1. The summed E-state index contributed by atoms with van der Waals surface area (Å²) in [5.74, 6) is -1.16. The predicted octanol–water partition coefficient (Wildman–Crippen LogP) is 3.99. The number of aromatic carboxylic acids is 1. The Morgan fingerprint density at radius 3 is 2.29 bits per heavy atom. The van der Waals surface area contributed by atoms with Gasteiger partial charge in [-0.25, -0.2) is 9.78 Å². The molecule has 0 aliphatic heterocycles. The molecule has 4 rings (SSSR count). The second-order valence-corrected chi connectivity index (χ2v) is 5.42. The van der Waals surface area contributed by atoms with Crippen molar-refractivity contribution in [3.8, 4) is 22.4 Å². The van der Waals surface area contributed by atoms with Gasteiger partial charge in [0.05, 0.1) is 22.9 Å². The zero-order valence-electron chi connectivity index (χ0n) is 12.6. The Kier molecular flexibility index (Phi) is 3.31. The number of nitrogens with zero attached hydrogens (tertiary/aromatic N) is 2. The monoisotopic (exact) mass is 315 g/mol. The van der Waals surface area contributed by atoms with Gasteiger partial charge in [-0.1, -0.05) is 54.6 Å². The van der Waals surface area contributed by atoms with E-state index < -0.39 is 5.97 Å². The first kappa shape index (κ1) is 14.1. The van der Waals surface area contributed by atoms with Crippen molar-refractivity contribution in [1.29, 1.82) is 0 Å². The molecule has 116 valence electrons. The largest absolute Gasteiger partial charge is 0.475 e. The molecule has 0 unspecified atom stereocenters. The molecule has 2 N–H and O–H groups in total. The number of aromatic nitrogens is 3. The van der Waals surface area contributed by atoms with Gasteiger partial charge in [0.25, 0.3) is 0 Å². The van der Waals surface area contributed by atoms with Gasteiger partial charge in [0.2, 0.25) is 5.82 Å². The SMILES string of the molecule is O=C(O)c1nc2cc(-c3ccc(-c4ccccc4)cc3)ncc2[nH]1. The molecule has 0 amide bonds. The van der Waals surface area contributed by atoms with Crippen molar-refractivity contribution < 1.29 is 9.90 Å². The number of hydrogen-bond donors (Lipinski definition) is 2. The van der Waals surface area contributed by atoms with Gasteiger partial charge in [-0.15, -0.1) is 0 Å². The lowest BCUT2D eigenvalue weighted by molar-refractivity contribution is 0.0685. The van der Waals surface area contributed by atoms with Gasteiger partial charge in [-0.05, 0) is 17.2 Å². The fraction of sp³-hybridized carbons (Fsp3) is 0. The second-order valence-electron chi connectivity index (χ2n) is 5.42. The van der Waals surface area contributed by atoms with Crippen molar-refractivity contribution in [2.45, 2.75) is 0 Å². The maximum atomic E-state index is 11.0. The first-order chi connectivity index (χ1) is 11.7. The van der Waals surface area contributed by atoms with Gasteiger partial charge in [-0.3, -0.25) is 4.98 Å². The number of rotatable bonds is 3. The van der Waals surface area contributed by atoms with Crippen LogP contribution in [0.3, 0.4) is 0 Å². The summed E-state index contributed by atoms with van der Waals surface area (Å²) in [5.41, 5.74) is 5.20. The van der Waals surface area contributed by atoms with Gasteiger partial charge < -0.3 is 10.1 Å². The van der Waals surface area contributed by atoms with Crippen LogP contribution in [0.25, 0.3) is 33.4 Å². The number of carboxylic acid groups (broad SMARTS) is 1. The zero-order valence-corrected chi connectivity index (χ0v) is 12.6. The molecule has 2 aromatic heterocycles. The number of carboxylic acids is 1. The van der Waals surface area contributed by atoms with E-state index in [1.807, 2.05) is 42.5 Å². The van der Waals surface area contributed by atoms with E-state index >= 15 is 0 Å². The first-order valence-electron chi connectivity index (χ1n) is 7.45. The van der Waals surface area contributed by atoms with E-state index in [1.165, 1.54) is 0 Å². The average molecular weight is 315 g/mol. The summed E-state index contributed by atoms with van der Waals surface area (Å²) in [5, 5.41) is 9.00. The minimum atomic E-state index is -1.08. The highest BCUT2D eigenvalue weighted by molar-refractivity contribution is 5.89. The minimum Gasteiger partial charge on any atom is -0.475 e. The third kappa shape index (κ3) is 2.52. The topological polar surface area (TPSA) is 78.9 Å². The molecule has 5 heteroatoms. The van der Waals surface area contributed by atoms with E-state index in [0.29, 0.717) is 11.0 Å². The number of imidazole rings is 1. The number of hydrogen-bond acceptors (Lipinski definition) is 3. The van der Waals surface area contributed by atoms with Crippen LogP contribution in [0.1, 0.15) is 10.6 Å². The van der Waals surface area contributed by atoms with Crippen molar-refractivity contribution in [1.82, 2.24) is 15.0 Å². The van der Waals surface area contributed by atoms with Crippen molar-refractivity contribution in [2.24, 2.45) is 0 Å². The van der Waals surface area contributed by atoms with Crippen LogP contribution in [0.2, 0.25) is 0 Å². The summed E-state index contributed by atoms with van der Waals surface area (Å²) >= 11 is 0. The Bertz CT molecular complexity index is 1020. The summed E-state index contributed by atoms with van der Waals surface area (Å²) in [6.07, 6.45) is 1.61. The molecular formula is C19H13N3O2. The molecule has 0 fully saturated rings. The maximum Gasteiger partial charge on any atom is 0.371 e. The molecule has 4 aromatic rings. The zero-order chi connectivity index (χ0) is 16.5. The quantitative estimate of drug-likeness (QED) is 0.599. The molecule has 0 radical (unpaired) electrons. The molecular weight excluding hydrogens is 302 g/mol. The summed E-state index contributed by atoms with van der Waals surface area (Å²) in [6, 6.07) is 20.0. The fourth-order valence-electron chi connectivity index (χ4n) is 2.63. The Hall–Kier alpha value is -3.47. The van der Waals surface area contributed by atoms with Crippen molar-refractivity contribution >= 4 is 17.0 Å². The minimum absolute atomic E-state index is 0.0802. The van der Waals surface area contributed by atoms with Crippen LogP contribution in [0, 0.1) is 0 Å². The number of fused-ring (bicyclic) bond motifs is 1. The maximum absolute atomic E-state index is 11.0. The fourth-order valence-corrected chi connectivity index (χ4v) is 2.63. The first-order valence-corrected chi connectivity index (χ1v) is 7.45. The smallest absolute Gasteiger partial charge is 0.371 e. The van der Waals surface area contributed by atoms with E-state index in [-0.39, 0.29) is 5.82 Å². The predicted molar refractivity (Wildman–Crippen MR) is 91.7 cm³/mol. The Morgan fingerprint density at radius 2 is 1.58 bits per heavy atom. The third-order valence-electron chi connectivity index (χ3n) is 3.86. The highest BCUT2D eigenvalue weighted by atomic mass is 16.4. The highest BCUT2D eigenvalue weighted by Gasteiger charge is 2.11. The van der Waals surface area contributed by atoms with Gasteiger partial charge in [0, 0.05) is 5.56 Å². The molecule has 0 spiro atoms. The Balaban J connectivity index is 1.70. The summed E-state index contributed by atoms with van der Waals surface area (Å²) in [6.45, 7) is 0. The third-order valence-corrected chi connectivity index (χ3v) is 3.86. The van der Waals surface area contributed by atoms with Crippen LogP contribution in [-0.2, 0) is 0 Å². The second kappa shape index (κ2) is 5.62. The van der Waals surface area contributed by atoms with Crippen LogP contribution < -0.4 is 0 Å². The molecule has 0 atom stereocenters. The number of nitrogens with one attached hydrogen (secondary N) is 1. The van der Waals surface area contributed by atoms with Gasteiger partial charge in [-0.2, -0.15) is 0 Å². The van der Waals surface area contributed by atoms with E-state index in [2.05, 4.69) is 27.1 Å². The molecule has 0 bridgehead atoms. The van der Waals surface area contributed by atoms with Crippen LogP contribution in [0.5, 0.6) is 0 Å². The van der Waals surface area contributed by atoms with E-state index in [9.17, 15) is 4.79 Å². The number of pyridine rings is 1. The lowest BCUT2D eigenvalue weighted by Gasteiger charge is -2.04. The molecule has 24 heavy (non-hydrogen) atoms. The lowest BCUT2D eigenvalue weighted by atomic mass is 10.0. The summed E-state index contributed by atoms with van der Waals surface area (Å²) in [4.78, 5) is 22.2. The van der Waals surface area contributed by atoms with Gasteiger partial charge in [0.15, 0.2) is 0 Å². The van der Waals surface area contributed by atoms with Gasteiger partial charge in [0.1, 0.15) is 0 Å². The van der Waals surface area contributed by atoms with Crippen LogP contribution in [0.15, 0.2) is 66.9 Å². The van der Waals surface area contributed by atoms with Crippen molar-refractivity contribution in [3.63, 3.8) is 0 Å². The average Bonchev–Trinajstić information content (AvgIpc) is 3.06. The molecule has 0 aliphatic carbocycles. The standard InChI is InChI=1S/C19H13N3O2/c23-19(24)18-21-16-10-15(20-11-17(16)22-18)14-8-6-13(7-9-14)12-4-2-1-3-5-12/h1-11H,(H,21,22)(H,23,24). The van der Waals surface area contributed by atoms with Gasteiger partial charge >= 0.3 is 5.97 Å². The molecule has 5 nitrogen and oxygen atoms in total. The van der Waals surface area contributed by atoms with E-state index in [4.69, 9.17) is 5.11 Å². The number of benzene rings is 2. The van der Waals surface area contributed by atoms with E-state index in [0.717, 1.165) is 22.4 Å². The normalized spacial score (nSPS) is 10.8. The Labute approximate surface area is 137 Å². The molecule has 0 aliphatic rings. The summed E-state index contributed by atoms with van der Waals surface area (Å²) < 4.78 is 0. The van der Waals surface area contributed by atoms with Crippen molar-refractivity contribution in [2.75, 3.05) is 0 Å². The Morgan fingerprint density at radius 1 is 0.917 bits per heavy atom. The number of H-pyrrole nitrogens is 1. The molecule has 2 aromatic carbocycles. The molecule has 0 saturated carbocycles. The molecule has 0 saturated heterocycles. The number of carbonyl (C=O) groups is 1. The van der Waals surface area contributed by atoms with Crippen molar-refractivity contribution in [3.05, 3.63) is 72.7 Å².